The van der Waals surface area contributed by atoms with E-state index in [9.17, 15) is 4.79 Å². The Hall–Kier alpha value is -2.01. The number of rotatable bonds is 4. The highest BCUT2D eigenvalue weighted by atomic mass is 79.9. The van der Waals surface area contributed by atoms with Gasteiger partial charge in [-0.05, 0) is 63.4 Å². The normalized spacial score (nSPS) is 16.5. The molecule has 1 heterocycles. The van der Waals surface area contributed by atoms with E-state index in [0.717, 1.165) is 28.6 Å². The van der Waals surface area contributed by atoms with Gasteiger partial charge < -0.3 is 14.4 Å². The molecule has 1 amide bonds. The third kappa shape index (κ3) is 5.74. The number of ether oxygens (including phenoxy) is 2. The number of benzene rings is 2. The summed E-state index contributed by atoms with van der Waals surface area (Å²) in [7, 11) is 0. The zero-order chi connectivity index (χ0) is 20.1. The zero-order valence-electron chi connectivity index (χ0n) is 16.7. The third-order valence-electron chi connectivity index (χ3n) is 4.82. The molecule has 1 saturated heterocycles. The Bertz CT molecular complexity index is 763. The largest absolute Gasteiger partial charge is 0.485 e. The second-order valence-electron chi connectivity index (χ2n) is 8.21. The van der Waals surface area contributed by atoms with Crippen LogP contribution in [0.1, 0.15) is 45.3 Å². The van der Waals surface area contributed by atoms with Gasteiger partial charge in [0.05, 0.1) is 0 Å². The minimum Gasteiger partial charge on any atom is -0.485 e. The Morgan fingerprint density at radius 3 is 2.21 bits per heavy atom. The Morgan fingerprint density at radius 1 is 1.04 bits per heavy atom. The van der Waals surface area contributed by atoms with Crippen LogP contribution in [0, 0.1) is 5.92 Å². The van der Waals surface area contributed by atoms with Crippen molar-refractivity contribution < 1.29 is 14.3 Å². The van der Waals surface area contributed by atoms with Gasteiger partial charge in [-0.3, -0.25) is 0 Å². The Kier molecular flexibility index (Phi) is 6.65. The van der Waals surface area contributed by atoms with Gasteiger partial charge in [0.15, 0.2) is 0 Å². The Morgan fingerprint density at radius 2 is 1.64 bits per heavy atom. The van der Waals surface area contributed by atoms with Gasteiger partial charge >= 0.3 is 6.09 Å². The fraction of sp³-hybridized carbons (Fsp3) is 0.435. The molecule has 0 spiro atoms. The van der Waals surface area contributed by atoms with Crippen molar-refractivity contribution in [1.82, 2.24) is 4.90 Å². The standard InChI is InChI=1S/C23H28BrNO3/c1-23(2,3)28-22(26)25-15-13-18(14-16-25)21(17-9-11-19(24)12-10-17)27-20-7-5-4-6-8-20/h4-12,18,21H,13-16H2,1-3H3/t21-/m0/s1. The summed E-state index contributed by atoms with van der Waals surface area (Å²) in [5.74, 6) is 1.20. The predicted octanol–water partition coefficient (Wildman–Crippen LogP) is 6.22. The number of para-hydroxylation sites is 1. The van der Waals surface area contributed by atoms with Gasteiger partial charge in [0.1, 0.15) is 17.5 Å². The fourth-order valence-electron chi connectivity index (χ4n) is 3.45. The van der Waals surface area contributed by atoms with Crippen molar-refractivity contribution in [1.29, 1.82) is 0 Å². The molecule has 5 heteroatoms. The first kappa shape index (κ1) is 20.7. The van der Waals surface area contributed by atoms with E-state index < -0.39 is 5.60 Å². The summed E-state index contributed by atoms with van der Waals surface area (Å²) in [6.45, 7) is 7.06. The second-order valence-corrected chi connectivity index (χ2v) is 9.12. The van der Waals surface area contributed by atoms with Crippen LogP contribution in [0.3, 0.4) is 0 Å². The number of piperidine rings is 1. The van der Waals surface area contributed by atoms with Gasteiger partial charge in [-0.15, -0.1) is 0 Å². The predicted molar refractivity (Wildman–Crippen MR) is 114 cm³/mol. The average molecular weight is 446 g/mol. The highest BCUT2D eigenvalue weighted by Gasteiger charge is 2.32. The summed E-state index contributed by atoms with van der Waals surface area (Å²) in [5.41, 5.74) is 0.687. The highest BCUT2D eigenvalue weighted by molar-refractivity contribution is 9.10. The molecule has 1 aliphatic heterocycles. The van der Waals surface area contributed by atoms with Crippen molar-refractivity contribution in [3.63, 3.8) is 0 Å². The van der Waals surface area contributed by atoms with Crippen LogP contribution in [-0.4, -0.2) is 29.7 Å². The van der Waals surface area contributed by atoms with Crippen LogP contribution in [0.2, 0.25) is 0 Å². The van der Waals surface area contributed by atoms with Crippen molar-refractivity contribution >= 4 is 22.0 Å². The van der Waals surface area contributed by atoms with Gasteiger partial charge in [0.2, 0.25) is 0 Å². The number of likely N-dealkylation sites (tertiary alicyclic amines) is 1. The van der Waals surface area contributed by atoms with Gasteiger partial charge in [0.25, 0.3) is 0 Å². The molecule has 1 atom stereocenters. The topological polar surface area (TPSA) is 38.8 Å². The van der Waals surface area contributed by atoms with Crippen LogP contribution < -0.4 is 4.74 Å². The number of amides is 1. The first-order valence-electron chi connectivity index (χ1n) is 9.77. The van der Waals surface area contributed by atoms with Crippen LogP contribution in [0.5, 0.6) is 5.75 Å². The van der Waals surface area contributed by atoms with Crippen molar-refractivity contribution in [3.05, 3.63) is 64.6 Å². The monoisotopic (exact) mass is 445 g/mol. The van der Waals surface area contributed by atoms with Crippen LogP contribution in [0.15, 0.2) is 59.1 Å². The van der Waals surface area contributed by atoms with Crippen molar-refractivity contribution in [2.24, 2.45) is 5.92 Å². The summed E-state index contributed by atoms with van der Waals surface area (Å²) in [6, 6.07) is 18.2. The number of carbonyl (C=O) groups excluding carboxylic acids is 1. The number of hydrogen-bond acceptors (Lipinski definition) is 3. The first-order valence-corrected chi connectivity index (χ1v) is 10.6. The van der Waals surface area contributed by atoms with E-state index in [2.05, 4.69) is 28.1 Å². The summed E-state index contributed by atoms with van der Waals surface area (Å²) < 4.78 is 13.0. The molecule has 2 aromatic carbocycles. The SMILES string of the molecule is CC(C)(C)OC(=O)N1CCC([C@@H](Oc2ccccc2)c2ccc(Br)cc2)CC1. The summed E-state index contributed by atoms with van der Waals surface area (Å²) in [5, 5.41) is 0. The lowest BCUT2D eigenvalue weighted by molar-refractivity contribution is 0.0106. The van der Waals surface area contributed by atoms with Crippen molar-refractivity contribution in [2.75, 3.05) is 13.1 Å². The molecular weight excluding hydrogens is 418 g/mol. The molecule has 4 nitrogen and oxygen atoms in total. The lowest BCUT2D eigenvalue weighted by atomic mass is 9.87. The molecule has 1 aliphatic rings. The molecule has 2 aromatic rings. The van der Waals surface area contributed by atoms with E-state index in [4.69, 9.17) is 9.47 Å². The molecule has 0 aliphatic carbocycles. The molecule has 150 valence electrons. The summed E-state index contributed by atoms with van der Waals surface area (Å²) in [6.07, 6.45) is 1.49. The number of halogens is 1. The average Bonchev–Trinajstić information content (AvgIpc) is 2.67. The van der Waals surface area contributed by atoms with E-state index in [0.29, 0.717) is 19.0 Å². The molecule has 3 rings (SSSR count). The maximum Gasteiger partial charge on any atom is 0.410 e. The maximum absolute atomic E-state index is 12.4. The minimum absolute atomic E-state index is 0.0451. The molecule has 0 N–H and O–H groups in total. The molecule has 1 fully saturated rings. The van der Waals surface area contributed by atoms with Gasteiger partial charge in [-0.25, -0.2) is 4.79 Å². The smallest absolute Gasteiger partial charge is 0.410 e. The van der Waals surface area contributed by atoms with Crippen molar-refractivity contribution in [3.8, 4) is 5.75 Å². The van der Waals surface area contributed by atoms with Crippen LogP contribution >= 0.6 is 15.9 Å². The van der Waals surface area contributed by atoms with Crippen LogP contribution in [0.4, 0.5) is 4.79 Å². The first-order chi connectivity index (χ1) is 13.3. The number of carbonyl (C=O) groups is 1. The van der Waals surface area contributed by atoms with Crippen molar-refractivity contribution in [2.45, 2.75) is 45.3 Å². The quantitative estimate of drug-likeness (QED) is 0.560. The van der Waals surface area contributed by atoms with E-state index in [1.165, 1.54) is 0 Å². The molecule has 0 saturated carbocycles. The molecule has 0 unspecified atom stereocenters. The third-order valence-corrected chi connectivity index (χ3v) is 5.35. The lowest BCUT2D eigenvalue weighted by Crippen LogP contribution is -2.43. The fourth-order valence-corrected chi connectivity index (χ4v) is 3.71. The van der Waals surface area contributed by atoms with Gasteiger partial charge in [0, 0.05) is 23.5 Å². The lowest BCUT2D eigenvalue weighted by Gasteiger charge is -2.37. The second kappa shape index (κ2) is 8.99. The van der Waals surface area contributed by atoms with Gasteiger partial charge in [-0.1, -0.05) is 46.3 Å². The molecular formula is C23H28BrNO3. The summed E-state index contributed by atoms with van der Waals surface area (Å²) >= 11 is 3.51. The minimum atomic E-state index is -0.468. The molecule has 0 bridgehead atoms. The highest BCUT2D eigenvalue weighted by Crippen LogP contribution is 2.35. The zero-order valence-corrected chi connectivity index (χ0v) is 18.3. The van der Waals surface area contributed by atoms with E-state index >= 15 is 0 Å². The summed E-state index contributed by atoms with van der Waals surface area (Å²) in [4.78, 5) is 14.2. The van der Waals surface area contributed by atoms with E-state index in [1.807, 2.05) is 68.1 Å². The maximum atomic E-state index is 12.4. The van der Waals surface area contributed by atoms with E-state index in [1.54, 1.807) is 0 Å². The van der Waals surface area contributed by atoms with Gasteiger partial charge in [-0.2, -0.15) is 0 Å². The molecule has 0 radical (unpaired) electrons. The Labute approximate surface area is 176 Å². The molecule has 0 aromatic heterocycles. The van der Waals surface area contributed by atoms with Crippen LogP contribution in [-0.2, 0) is 4.74 Å². The van der Waals surface area contributed by atoms with Crippen LogP contribution in [0.25, 0.3) is 0 Å². The Balaban J connectivity index is 1.71. The molecule has 28 heavy (non-hydrogen) atoms. The number of nitrogens with zero attached hydrogens (tertiary/aromatic N) is 1. The number of hydrogen-bond donors (Lipinski definition) is 0. The van der Waals surface area contributed by atoms with E-state index in [-0.39, 0.29) is 12.2 Å².